The molecule has 0 bridgehead atoms. The average molecular weight is 433 g/mol. The number of nitrogens with one attached hydrogen (secondary N) is 1. The average Bonchev–Trinajstić information content (AvgIpc) is 2.52. The van der Waals surface area contributed by atoms with Gasteiger partial charge in [0.25, 0.3) is 11.6 Å². The molecule has 3 N–H and O–H groups in total. The molecule has 0 aromatic heterocycles. The molecule has 0 amide bonds. The van der Waals surface area contributed by atoms with Gasteiger partial charge in [-0.3, -0.25) is 15.0 Å². The Morgan fingerprint density at radius 1 is 1.42 bits per heavy atom. The number of rotatable bonds is 5. The Balaban J connectivity index is 0.00000288. The predicted molar refractivity (Wildman–Crippen MR) is 88.9 cm³/mol. The highest BCUT2D eigenvalue weighted by molar-refractivity contribution is 9.10. The number of hydrogen-bond acceptors (Lipinski definition) is 6. The number of alkyl halides is 2. The lowest BCUT2D eigenvalue weighted by Gasteiger charge is -2.38. The second-order valence-electron chi connectivity index (χ2n) is 5.23. The molecule has 7 nitrogen and oxygen atoms in total. The monoisotopic (exact) mass is 431 g/mol. The Hall–Kier alpha value is -1.07. The van der Waals surface area contributed by atoms with E-state index in [1.54, 1.807) is 0 Å². The number of aliphatic hydroxyl groups excluding tert-OH is 1. The van der Waals surface area contributed by atoms with Crippen LogP contribution in [-0.4, -0.2) is 58.7 Å². The minimum Gasteiger partial charge on any atom is -0.506 e. The summed E-state index contributed by atoms with van der Waals surface area (Å²) in [5.74, 6) is -4.06. The summed E-state index contributed by atoms with van der Waals surface area (Å²) in [5.41, 5.74) is -0.703. The van der Waals surface area contributed by atoms with E-state index < -0.39 is 34.9 Å². The van der Waals surface area contributed by atoms with Crippen LogP contribution >= 0.6 is 28.3 Å². The van der Waals surface area contributed by atoms with Crippen LogP contribution in [0.2, 0.25) is 0 Å². The molecule has 1 aromatic carbocycles. The molecule has 1 atom stereocenters. The van der Waals surface area contributed by atoms with Gasteiger partial charge in [-0.25, -0.2) is 8.78 Å². The van der Waals surface area contributed by atoms with E-state index in [1.165, 1.54) is 4.90 Å². The highest BCUT2D eigenvalue weighted by Gasteiger charge is 2.46. The molecule has 0 spiro atoms. The standard InChI is InChI=1S/C13H16BrF2N3O4.ClH/c14-10-6-8(19(22)23)5-9(11(10)21)12(13(15,16)7-20)18-3-1-17-2-4-18;/h5-6,12,17,20-21H,1-4,7H2;1H/t12-;/m0./s1. The number of halogens is 4. The Morgan fingerprint density at radius 3 is 2.50 bits per heavy atom. The zero-order chi connectivity index (χ0) is 17.2. The van der Waals surface area contributed by atoms with Crippen molar-refractivity contribution in [2.75, 3.05) is 32.8 Å². The number of nitro benzene ring substituents is 1. The number of phenols is 1. The zero-order valence-corrected chi connectivity index (χ0v) is 14.8. The highest BCUT2D eigenvalue weighted by Crippen LogP contribution is 2.44. The lowest BCUT2D eigenvalue weighted by Crippen LogP contribution is -2.51. The van der Waals surface area contributed by atoms with Crippen molar-refractivity contribution in [1.29, 1.82) is 0 Å². The second-order valence-corrected chi connectivity index (χ2v) is 6.08. The molecule has 1 aromatic rings. The van der Waals surface area contributed by atoms with Crippen molar-refractivity contribution >= 4 is 34.0 Å². The van der Waals surface area contributed by atoms with Crippen LogP contribution in [0.3, 0.4) is 0 Å². The molecule has 136 valence electrons. The first-order chi connectivity index (χ1) is 10.8. The summed E-state index contributed by atoms with van der Waals surface area (Å²) in [6, 6.07) is 0.312. The third-order valence-corrected chi connectivity index (χ3v) is 4.32. The number of aromatic hydroxyl groups is 1. The summed E-state index contributed by atoms with van der Waals surface area (Å²) in [7, 11) is 0. The van der Waals surface area contributed by atoms with Gasteiger partial charge < -0.3 is 15.5 Å². The van der Waals surface area contributed by atoms with E-state index in [0.29, 0.717) is 13.1 Å². The summed E-state index contributed by atoms with van der Waals surface area (Å²) < 4.78 is 28.6. The first-order valence-electron chi connectivity index (χ1n) is 6.88. The number of piperazine rings is 1. The van der Waals surface area contributed by atoms with E-state index >= 15 is 0 Å². The maximum absolute atomic E-state index is 14.3. The van der Waals surface area contributed by atoms with E-state index in [1.807, 2.05) is 0 Å². The molecule has 1 saturated heterocycles. The van der Waals surface area contributed by atoms with Gasteiger partial charge >= 0.3 is 0 Å². The fraction of sp³-hybridized carbons (Fsp3) is 0.538. The first kappa shape index (κ1) is 21.0. The van der Waals surface area contributed by atoms with Crippen molar-refractivity contribution in [3.8, 4) is 5.75 Å². The summed E-state index contributed by atoms with van der Waals surface area (Å²) >= 11 is 2.95. The van der Waals surface area contributed by atoms with E-state index in [4.69, 9.17) is 5.11 Å². The van der Waals surface area contributed by atoms with Gasteiger partial charge in [0.05, 0.1) is 9.40 Å². The third kappa shape index (κ3) is 4.31. The predicted octanol–water partition coefficient (Wildman–Crippen LogP) is 2.06. The van der Waals surface area contributed by atoms with Gasteiger partial charge in [-0.15, -0.1) is 12.4 Å². The van der Waals surface area contributed by atoms with Gasteiger partial charge in [-0.1, -0.05) is 0 Å². The maximum Gasteiger partial charge on any atom is 0.290 e. The van der Waals surface area contributed by atoms with Gasteiger partial charge in [0.2, 0.25) is 0 Å². The van der Waals surface area contributed by atoms with Crippen LogP contribution in [0.1, 0.15) is 11.6 Å². The van der Waals surface area contributed by atoms with Crippen LogP contribution in [0.25, 0.3) is 0 Å². The molecule has 1 fully saturated rings. The molecule has 0 radical (unpaired) electrons. The summed E-state index contributed by atoms with van der Waals surface area (Å²) in [6.07, 6.45) is 0. The molecule has 0 unspecified atom stereocenters. The summed E-state index contributed by atoms with van der Waals surface area (Å²) in [4.78, 5) is 11.7. The first-order valence-corrected chi connectivity index (χ1v) is 7.67. The van der Waals surface area contributed by atoms with Crippen LogP contribution < -0.4 is 5.32 Å². The fourth-order valence-corrected chi connectivity index (χ4v) is 3.10. The molecule has 1 heterocycles. The Labute approximate surface area is 151 Å². The fourth-order valence-electron chi connectivity index (χ4n) is 2.64. The number of hydrogen-bond donors (Lipinski definition) is 3. The number of non-ortho nitro benzene ring substituents is 1. The summed E-state index contributed by atoms with van der Waals surface area (Å²) in [6.45, 7) is 0.0328. The Bertz CT molecular complexity index is 603. The zero-order valence-electron chi connectivity index (χ0n) is 12.4. The second kappa shape index (κ2) is 8.34. The molecule has 11 heteroatoms. The molecule has 1 aliphatic rings. The van der Waals surface area contributed by atoms with Gasteiger partial charge in [0.1, 0.15) is 18.4 Å². The van der Waals surface area contributed by atoms with Crippen LogP contribution in [0.15, 0.2) is 16.6 Å². The minimum atomic E-state index is -3.57. The van der Waals surface area contributed by atoms with Crippen molar-refractivity contribution in [2.24, 2.45) is 0 Å². The normalized spacial score (nSPS) is 17.2. The lowest BCUT2D eigenvalue weighted by molar-refractivity contribution is -0.385. The lowest BCUT2D eigenvalue weighted by atomic mass is 9.96. The van der Waals surface area contributed by atoms with Crippen LogP contribution in [-0.2, 0) is 0 Å². The third-order valence-electron chi connectivity index (χ3n) is 3.71. The molecule has 0 saturated carbocycles. The smallest absolute Gasteiger partial charge is 0.290 e. The molecular weight excluding hydrogens is 416 g/mol. The molecule has 24 heavy (non-hydrogen) atoms. The highest BCUT2D eigenvalue weighted by atomic mass is 79.9. The number of nitro groups is 1. The topological polar surface area (TPSA) is 98.9 Å². The number of phenolic OH excluding ortho intramolecular Hbond substituents is 1. The Kier molecular flexibility index (Phi) is 7.29. The summed E-state index contributed by atoms with van der Waals surface area (Å²) in [5, 5.41) is 33.2. The molecule has 1 aliphatic heterocycles. The molecule has 0 aliphatic carbocycles. The Morgan fingerprint density at radius 2 is 2.00 bits per heavy atom. The SMILES string of the molecule is Cl.O=[N+]([O-])c1cc(Br)c(O)c([C@H](N2CCNCC2)C(F)(F)CO)c1. The van der Waals surface area contributed by atoms with Crippen LogP contribution in [0, 0.1) is 10.1 Å². The van der Waals surface area contributed by atoms with Gasteiger partial charge in [-0.05, 0) is 15.9 Å². The van der Waals surface area contributed by atoms with Crippen molar-refractivity contribution in [2.45, 2.75) is 12.0 Å². The number of benzene rings is 1. The number of aliphatic hydroxyl groups is 1. The molecular formula is C13H17BrClF2N3O4. The van der Waals surface area contributed by atoms with Crippen LogP contribution in [0.4, 0.5) is 14.5 Å². The van der Waals surface area contributed by atoms with Crippen molar-refractivity contribution in [3.05, 3.63) is 32.3 Å². The van der Waals surface area contributed by atoms with Gasteiger partial charge in [0, 0.05) is 43.9 Å². The number of nitrogens with zero attached hydrogens (tertiary/aromatic N) is 2. The van der Waals surface area contributed by atoms with Crippen molar-refractivity contribution in [3.63, 3.8) is 0 Å². The largest absolute Gasteiger partial charge is 0.506 e. The van der Waals surface area contributed by atoms with E-state index in [2.05, 4.69) is 21.2 Å². The maximum atomic E-state index is 14.3. The van der Waals surface area contributed by atoms with Crippen LogP contribution in [0.5, 0.6) is 5.75 Å². The molecule has 2 rings (SSSR count). The van der Waals surface area contributed by atoms with Crippen molar-refractivity contribution < 1.29 is 23.9 Å². The minimum absolute atomic E-state index is 0. The van der Waals surface area contributed by atoms with Gasteiger partial charge in [0.15, 0.2) is 0 Å². The quantitative estimate of drug-likeness (QED) is 0.487. The van der Waals surface area contributed by atoms with Crippen molar-refractivity contribution in [1.82, 2.24) is 10.2 Å². The van der Waals surface area contributed by atoms with E-state index in [-0.39, 0.29) is 35.5 Å². The van der Waals surface area contributed by atoms with E-state index in [9.17, 15) is 24.0 Å². The van der Waals surface area contributed by atoms with E-state index in [0.717, 1.165) is 12.1 Å². The van der Waals surface area contributed by atoms with Gasteiger partial charge in [-0.2, -0.15) is 0 Å².